The summed E-state index contributed by atoms with van der Waals surface area (Å²) in [5.41, 5.74) is 2.33. The van der Waals surface area contributed by atoms with Gasteiger partial charge in [0.25, 0.3) is 0 Å². The minimum absolute atomic E-state index is 0.0892. The Morgan fingerprint density at radius 3 is 2.89 bits per heavy atom. The topological polar surface area (TPSA) is 79.4 Å². The van der Waals surface area contributed by atoms with Crippen molar-refractivity contribution in [3.63, 3.8) is 0 Å². The van der Waals surface area contributed by atoms with Crippen molar-refractivity contribution in [3.05, 3.63) is 54.1 Å². The van der Waals surface area contributed by atoms with Gasteiger partial charge in [-0.1, -0.05) is 12.1 Å². The highest BCUT2D eigenvalue weighted by atomic mass is 19.1. The van der Waals surface area contributed by atoms with Gasteiger partial charge in [-0.15, -0.1) is 0 Å². The van der Waals surface area contributed by atoms with Crippen molar-refractivity contribution in [1.82, 2.24) is 15.3 Å². The van der Waals surface area contributed by atoms with Crippen molar-refractivity contribution in [2.24, 2.45) is 0 Å². The summed E-state index contributed by atoms with van der Waals surface area (Å²) in [5.74, 6) is 0.254. The highest BCUT2D eigenvalue weighted by Crippen LogP contribution is 2.30. The number of ether oxygens (including phenoxy) is 1. The van der Waals surface area contributed by atoms with Gasteiger partial charge in [0.15, 0.2) is 11.6 Å². The number of rotatable bonds is 5. The van der Waals surface area contributed by atoms with Gasteiger partial charge in [-0.25, -0.2) is 19.2 Å². The number of fused-ring (bicyclic) bond motifs is 1. The number of methoxy groups -OCH3 is 1. The molecule has 1 atom stereocenters. The fourth-order valence-corrected chi connectivity index (χ4v) is 3.30. The van der Waals surface area contributed by atoms with Crippen LogP contribution in [0.2, 0.25) is 0 Å². The maximum atomic E-state index is 14.0. The van der Waals surface area contributed by atoms with Gasteiger partial charge in [0.2, 0.25) is 0 Å². The van der Waals surface area contributed by atoms with Gasteiger partial charge in [-0.05, 0) is 30.7 Å². The van der Waals surface area contributed by atoms with E-state index in [9.17, 15) is 9.18 Å². The highest BCUT2D eigenvalue weighted by molar-refractivity contribution is 5.94. The molecule has 2 N–H and O–H groups in total. The third-order valence-corrected chi connectivity index (χ3v) is 4.80. The molecule has 28 heavy (non-hydrogen) atoms. The van der Waals surface area contributed by atoms with Crippen LogP contribution < -0.4 is 20.3 Å². The van der Waals surface area contributed by atoms with Gasteiger partial charge in [0, 0.05) is 30.2 Å². The number of urea groups is 1. The number of hydrogen-bond acceptors (Lipinski definition) is 5. The third kappa shape index (κ3) is 3.28. The molecule has 2 amide bonds. The van der Waals surface area contributed by atoms with E-state index in [2.05, 4.69) is 20.6 Å². The quantitative estimate of drug-likeness (QED) is 0.707. The van der Waals surface area contributed by atoms with Crippen LogP contribution in [0, 0.1) is 5.82 Å². The Morgan fingerprint density at radius 1 is 1.29 bits per heavy atom. The SMILES string of the molecule is COc1cc2c(NC(C)c3cccc(N4CCNC4=O)c3)ncnc2cc1F. The second-order valence-electron chi connectivity index (χ2n) is 6.57. The normalized spacial score (nSPS) is 14.8. The molecule has 1 aliphatic heterocycles. The molecule has 0 bridgehead atoms. The Morgan fingerprint density at radius 2 is 2.14 bits per heavy atom. The molecule has 2 aromatic carbocycles. The lowest BCUT2D eigenvalue weighted by atomic mass is 10.1. The summed E-state index contributed by atoms with van der Waals surface area (Å²) in [5, 5.41) is 6.83. The van der Waals surface area contributed by atoms with Gasteiger partial charge in [0.1, 0.15) is 12.1 Å². The first-order chi connectivity index (χ1) is 13.6. The van der Waals surface area contributed by atoms with Crippen LogP contribution in [-0.4, -0.2) is 36.2 Å². The fraction of sp³-hybridized carbons (Fsp3) is 0.250. The number of anilines is 2. The third-order valence-electron chi connectivity index (χ3n) is 4.80. The van der Waals surface area contributed by atoms with Crippen LogP contribution in [0.4, 0.5) is 20.7 Å². The van der Waals surface area contributed by atoms with Gasteiger partial charge in [-0.2, -0.15) is 0 Å². The van der Waals surface area contributed by atoms with Gasteiger partial charge in [0.05, 0.1) is 18.7 Å². The van der Waals surface area contributed by atoms with Gasteiger partial charge in [-0.3, -0.25) is 4.90 Å². The van der Waals surface area contributed by atoms with Crippen LogP contribution in [0.1, 0.15) is 18.5 Å². The van der Waals surface area contributed by atoms with Gasteiger partial charge >= 0.3 is 6.03 Å². The lowest BCUT2D eigenvalue weighted by Crippen LogP contribution is -2.27. The van der Waals surface area contributed by atoms with E-state index in [0.29, 0.717) is 29.8 Å². The summed E-state index contributed by atoms with van der Waals surface area (Å²) in [4.78, 5) is 22.1. The van der Waals surface area contributed by atoms with Crippen LogP contribution in [0.15, 0.2) is 42.7 Å². The summed E-state index contributed by atoms with van der Waals surface area (Å²) >= 11 is 0. The number of nitrogens with one attached hydrogen (secondary N) is 2. The van der Waals surface area contributed by atoms with E-state index >= 15 is 0 Å². The molecule has 4 rings (SSSR count). The van der Waals surface area contributed by atoms with E-state index in [4.69, 9.17) is 4.74 Å². The molecular formula is C20H20FN5O2. The molecule has 144 valence electrons. The second-order valence-corrected chi connectivity index (χ2v) is 6.57. The molecule has 1 aromatic heterocycles. The maximum absolute atomic E-state index is 14.0. The van der Waals surface area contributed by atoms with E-state index in [1.165, 1.54) is 19.5 Å². The predicted octanol–water partition coefficient (Wildman–Crippen LogP) is 3.48. The summed E-state index contributed by atoms with van der Waals surface area (Å²) in [6, 6.07) is 10.5. The maximum Gasteiger partial charge on any atom is 0.321 e. The molecular weight excluding hydrogens is 361 g/mol. The minimum atomic E-state index is -0.468. The zero-order valence-electron chi connectivity index (χ0n) is 15.6. The standard InChI is InChI=1S/C20H20FN5O2/c1-12(13-4-3-5-14(8-13)26-7-6-22-20(26)27)25-19-15-9-18(28-2)16(21)10-17(15)23-11-24-19/h3-5,8-12H,6-7H2,1-2H3,(H,22,27)(H,23,24,25). The molecule has 0 spiro atoms. The fourth-order valence-electron chi connectivity index (χ4n) is 3.30. The largest absolute Gasteiger partial charge is 0.494 e. The van der Waals surface area contributed by atoms with E-state index in [-0.39, 0.29) is 17.8 Å². The Kier molecular flexibility index (Phi) is 4.68. The lowest BCUT2D eigenvalue weighted by molar-refractivity contribution is 0.252. The number of aromatic nitrogens is 2. The molecule has 2 heterocycles. The number of carbonyl (C=O) groups excluding carboxylic acids is 1. The van der Waals surface area contributed by atoms with Crippen molar-refractivity contribution < 1.29 is 13.9 Å². The average Bonchev–Trinajstić information content (AvgIpc) is 3.13. The van der Waals surface area contributed by atoms with Crippen LogP contribution in [0.5, 0.6) is 5.75 Å². The van der Waals surface area contributed by atoms with Crippen LogP contribution in [0.25, 0.3) is 10.9 Å². The Hall–Kier alpha value is -3.42. The van der Waals surface area contributed by atoms with Crippen molar-refractivity contribution in [2.75, 3.05) is 30.4 Å². The molecule has 0 saturated carbocycles. The van der Waals surface area contributed by atoms with Crippen molar-refractivity contribution >= 4 is 28.4 Å². The molecule has 7 nitrogen and oxygen atoms in total. The first kappa shape index (κ1) is 18.0. The smallest absolute Gasteiger partial charge is 0.321 e. The number of amides is 2. The summed E-state index contributed by atoms with van der Waals surface area (Å²) in [7, 11) is 1.42. The number of nitrogens with zero attached hydrogens (tertiary/aromatic N) is 3. The van der Waals surface area contributed by atoms with Crippen molar-refractivity contribution in [1.29, 1.82) is 0 Å². The zero-order valence-corrected chi connectivity index (χ0v) is 15.6. The summed E-state index contributed by atoms with van der Waals surface area (Å²) in [6.45, 7) is 3.28. The predicted molar refractivity (Wildman–Crippen MR) is 105 cm³/mol. The van der Waals surface area contributed by atoms with Crippen molar-refractivity contribution in [2.45, 2.75) is 13.0 Å². The molecule has 8 heteroatoms. The molecule has 1 aliphatic rings. The van der Waals surface area contributed by atoms with Crippen LogP contribution in [0.3, 0.4) is 0 Å². The van der Waals surface area contributed by atoms with Crippen LogP contribution in [-0.2, 0) is 0 Å². The molecule has 1 fully saturated rings. The monoisotopic (exact) mass is 381 g/mol. The first-order valence-corrected chi connectivity index (χ1v) is 8.97. The Bertz CT molecular complexity index is 1040. The number of benzene rings is 2. The van der Waals surface area contributed by atoms with E-state index in [1.807, 2.05) is 31.2 Å². The summed E-state index contributed by atoms with van der Waals surface area (Å²) < 4.78 is 19.0. The summed E-state index contributed by atoms with van der Waals surface area (Å²) in [6.07, 6.45) is 1.40. The Balaban J connectivity index is 1.64. The number of halogens is 1. The molecule has 1 unspecified atom stereocenters. The van der Waals surface area contributed by atoms with E-state index < -0.39 is 5.82 Å². The van der Waals surface area contributed by atoms with Gasteiger partial charge < -0.3 is 15.4 Å². The zero-order chi connectivity index (χ0) is 19.7. The van der Waals surface area contributed by atoms with Crippen molar-refractivity contribution in [3.8, 4) is 5.75 Å². The van der Waals surface area contributed by atoms with Crippen LogP contribution >= 0.6 is 0 Å². The number of carbonyl (C=O) groups is 1. The minimum Gasteiger partial charge on any atom is -0.494 e. The molecule has 1 saturated heterocycles. The van der Waals surface area contributed by atoms with E-state index in [1.54, 1.807) is 11.0 Å². The van der Waals surface area contributed by atoms with E-state index in [0.717, 1.165) is 11.3 Å². The number of hydrogen-bond donors (Lipinski definition) is 2. The first-order valence-electron chi connectivity index (χ1n) is 8.97. The highest BCUT2D eigenvalue weighted by Gasteiger charge is 2.22. The molecule has 0 radical (unpaired) electrons. The second kappa shape index (κ2) is 7.30. The average molecular weight is 381 g/mol. The molecule has 3 aromatic rings. The Labute approximate surface area is 161 Å². The molecule has 0 aliphatic carbocycles. The lowest BCUT2D eigenvalue weighted by Gasteiger charge is -2.20.